The van der Waals surface area contributed by atoms with E-state index in [1.54, 1.807) is 6.92 Å². The third-order valence-electron chi connectivity index (χ3n) is 2.71. The number of aryl methyl sites for hydroxylation is 1. The van der Waals surface area contributed by atoms with Gasteiger partial charge in [0.15, 0.2) is 6.61 Å². The number of alkyl halides is 2. The Hall–Kier alpha value is -1.99. The Morgan fingerprint density at radius 3 is 2.79 bits per heavy atom. The summed E-state index contributed by atoms with van der Waals surface area (Å²) in [6.45, 7) is 1.94. The molecule has 0 radical (unpaired) electrons. The molecule has 1 aromatic rings. The zero-order valence-corrected chi connectivity index (χ0v) is 10.6. The third kappa shape index (κ3) is 3.07. The lowest BCUT2D eigenvalue weighted by Gasteiger charge is -2.17. The molecule has 104 valence electrons. The van der Waals surface area contributed by atoms with Crippen molar-refractivity contribution in [1.82, 2.24) is 14.9 Å². The van der Waals surface area contributed by atoms with E-state index < -0.39 is 18.6 Å². The van der Waals surface area contributed by atoms with Gasteiger partial charge in [0.1, 0.15) is 0 Å². The fourth-order valence-electron chi connectivity index (χ4n) is 1.85. The Morgan fingerprint density at radius 2 is 2.16 bits per heavy atom. The van der Waals surface area contributed by atoms with Gasteiger partial charge in [-0.3, -0.25) is 4.90 Å². The number of carbonyl (C=O) groups is 1. The van der Waals surface area contributed by atoms with E-state index in [0.717, 1.165) is 5.56 Å². The molecule has 0 bridgehead atoms. The number of hydrogen-bond acceptors (Lipinski definition) is 5. The molecule has 1 aromatic heterocycles. The van der Waals surface area contributed by atoms with Crippen molar-refractivity contribution in [3.63, 3.8) is 0 Å². The van der Waals surface area contributed by atoms with E-state index in [0.29, 0.717) is 18.3 Å². The van der Waals surface area contributed by atoms with Gasteiger partial charge >= 0.3 is 6.09 Å². The molecule has 0 saturated carbocycles. The smallest absolute Gasteiger partial charge is 0.410 e. The molecule has 0 atom stereocenters. The molecule has 0 fully saturated rings. The zero-order valence-electron chi connectivity index (χ0n) is 10.6. The minimum Gasteiger partial charge on any atom is -0.443 e. The second kappa shape index (κ2) is 4.60. The number of halogens is 2. The third-order valence-corrected chi connectivity index (χ3v) is 2.71. The van der Waals surface area contributed by atoms with E-state index in [1.807, 2.05) is 0 Å². The van der Waals surface area contributed by atoms with Gasteiger partial charge in [-0.2, -0.15) is 0 Å². The molecule has 2 N–H and O–H groups in total. The molecule has 0 aromatic carbocycles. The molecular weight excluding hydrogens is 258 g/mol. The number of nitrogen functional groups attached to an aromatic ring is 1. The average molecular weight is 272 g/mol. The highest BCUT2D eigenvalue weighted by Crippen LogP contribution is 2.24. The lowest BCUT2D eigenvalue weighted by Crippen LogP contribution is -2.30. The van der Waals surface area contributed by atoms with Gasteiger partial charge in [-0.15, -0.1) is 0 Å². The second-order valence-corrected chi connectivity index (χ2v) is 4.57. The number of rotatable bonds is 2. The quantitative estimate of drug-likeness (QED) is 0.881. The van der Waals surface area contributed by atoms with Gasteiger partial charge in [0.25, 0.3) is 5.92 Å². The Kier molecular flexibility index (Phi) is 3.25. The summed E-state index contributed by atoms with van der Waals surface area (Å²) < 4.78 is 29.8. The van der Waals surface area contributed by atoms with Crippen LogP contribution in [0.25, 0.3) is 0 Å². The molecule has 0 aliphatic carbocycles. The number of aromatic nitrogens is 2. The van der Waals surface area contributed by atoms with E-state index in [-0.39, 0.29) is 19.0 Å². The van der Waals surface area contributed by atoms with Crippen molar-refractivity contribution >= 4 is 12.0 Å². The standard InChI is InChI=1S/C11H14F2N4O2/c1-6-7-3-17(4-8(7)16-9(14)15-6)10(18)19-5-11(2,12)13/h3-5H2,1-2H3,(H2,14,15,16). The summed E-state index contributed by atoms with van der Waals surface area (Å²) in [6.07, 6.45) is -0.794. The Balaban J connectivity index is 2.04. The molecule has 1 aliphatic rings. The highest BCUT2D eigenvalue weighted by molar-refractivity contribution is 5.68. The van der Waals surface area contributed by atoms with Gasteiger partial charge < -0.3 is 10.5 Å². The Labute approximate surface area is 108 Å². The van der Waals surface area contributed by atoms with Gasteiger partial charge in [-0.1, -0.05) is 0 Å². The van der Waals surface area contributed by atoms with Crippen molar-refractivity contribution in [1.29, 1.82) is 0 Å². The Bertz CT molecular complexity index is 516. The summed E-state index contributed by atoms with van der Waals surface area (Å²) in [7, 11) is 0. The van der Waals surface area contributed by atoms with Crippen LogP contribution >= 0.6 is 0 Å². The molecular formula is C11H14F2N4O2. The molecule has 0 unspecified atom stereocenters. The van der Waals surface area contributed by atoms with Crippen molar-refractivity contribution in [2.75, 3.05) is 12.3 Å². The molecule has 8 heteroatoms. The summed E-state index contributed by atoms with van der Waals surface area (Å²) in [5.74, 6) is -2.91. The zero-order chi connectivity index (χ0) is 14.2. The predicted molar refractivity (Wildman–Crippen MR) is 62.4 cm³/mol. The fraction of sp³-hybridized carbons (Fsp3) is 0.545. The van der Waals surface area contributed by atoms with Gasteiger partial charge in [0, 0.05) is 18.2 Å². The van der Waals surface area contributed by atoms with Gasteiger partial charge in [0.2, 0.25) is 5.95 Å². The van der Waals surface area contributed by atoms with Crippen LogP contribution in [0.3, 0.4) is 0 Å². The highest BCUT2D eigenvalue weighted by Gasteiger charge is 2.30. The molecule has 6 nitrogen and oxygen atoms in total. The average Bonchev–Trinajstić information content (AvgIpc) is 2.68. The second-order valence-electron chi connectivity index (χ2n) is 4.57. The van der Waals surface area contributed by atoms with E-state index in [4.69, 9.17) is 5.73 Å². The number of nitrogens with two attached hydrogens (primary N) is 1. The predicted octanol–water partition coefficient (Wildman–Crippen LogP) is 1.47. The minimum absolute atomic E-state index is 0.131. The largest absolute Gasteiger partial charge is 0.443 e. The summed E-state index contributed by atoms with van der Waals surface area (Å²) in [4.78, 5) is 21.0. The van der Waals surface area contributed by atoms with Crippen LogP contribution < -0.4 is 5.73 Å². The first-order valence-corrected chi connectivity index (χ1v) is 5.67. The maximum absolute atomic E-state index is 12.6. The molecule has 1 amide bonds. The van der Waals surface area contributed by atoms with Gasteiger partial charge in [-0.05, 0) is 6.92 Å². The number of amides is 1. The van der Waals surface area contributed by atoms with Crippen LogP contribution in [0, 0.1) is 6.92 Å². The van der Waals surface area contributed by atoms with Crippen molar-refractivity contribution in [3.8, 4) is 0 Å². The molecule has 0 saturated heterocycles. The van der Waals surface area contributed by atoms with Crippen molar-refractivity contribution < 1.29 is 18.3 Å². The molecule has 19 heavy (non-hydrogen) atoms. The SMILES string of the molecule is Cc1nc(N)nc2c1CN(C(=O)OCC(C)(F)F)C2. The van der Waals surface area contributed by atoms with Crippen LogP contribution in [0.4, 0.5) is 19.5 Å². The molecule has 2 rings (SSSR count). The minimum atomic E-state index is -3.04. The van der Waals surface area contributed by atoms with E-state index >= 15 is 0 Å². The fourth-order valence-corrected chi connectivity index (χ4v) is 1.85. The van der Waals surface area contributed by atoms with Crippen LogP contribution in [0.2, 0.25) is 0 Å². The molecule has 2 heterocycles. The summed E-state index contributed by atoms with van der Waals surface area (Å²) in [6, 6.07) is 0. The van der Waals surface area contributed by atoms with Crippen molar-refractivity contribution in [2.24, 2.45) is 0 Å². The first kappa shape index (κ1) is 13.4. The van der Waals surface area contributed by atoms with Crippen molar-refractivity contribution in [2.45, 2.75) is 32.9 Å². The topological polar surface area (TPSA) is 81.3 Å². The van der Waals surface area contributed by atoms with E-state index in [2.05, 4.69) is 14.7 Å². The number of anilines is 1. The lowest BCUT2D eigenvalue weighted by atomic mass is 10.2. The summed E-state index contributed by atoms with van der Waals surface area (Å²) in [5.41, 5.74) is 7.61. The molecule has 1 aliphatic heterocycles. The van der Waals surface area contributed by atoms with Crippen LogP contribution in [0.1, 0.15) is 23.9 Å². The first-order chi connectivity index (χ1) is 8.76. The van der Waals surface area contributed by atoms with Crippen LogP contribution in [0.5, 0.6) is 0 Å². The van der Waals surface area contributed by atoms with Crippen LogP contribution in [-0.2, 0) is 17.8 Å². The van der Waals surface area contributed by atoms with Gasteiger partial charge in [-0.25, -0.2) is 23.5 Å². The normalized spacial score (nSPS) is 14.4. The number of hydrogen-bond donors (Lipinski definition) is 1. The monoisotopic (exact) mass is 272 g/mol. The van der Waals surface area contributed by atoms with Crippen LogP contribution in [0.15, 0.2) is 0 Å². The van der Waals surface area contributed by atoms with Crippen LogP contribution in [-0.4, -0.2) is 33.5 Å². The van der Waals surface area contributed by atoms with E-state index in [1.165, 1.54) is 4.90 Å². The Morgan fingerprint density at radius 1 is 1.47 bits per heavy atom. The van der Waals surface area contributed by atoms with Gasteiger partial charge in [0.05, 0.1) is 18.8 Å². The van der Waals surface area contributed by atoms with Crippen molar-refractivity contribution in [3.05, 3.63) is 17.0 Å². The lowest BCUT2D eigenvalue weighted by molar-refractivity contribution is -0.0455. The summed E-state index contributed by atoms with van der Waals surface area (Å²) in [5, 5.41) is 0. The number of fused-ring (bicyclic) bond motifs is 1. The maximum Gasteiger partial charge on any atom is 0.410 e. The molecule has 0 spiro atoms. The first-order valence-electron chi connectivity index (χ1n) is 5.67. The summed E-state index contributed by atoms with van der Waals surface area (Å²) >= 11 is 0. The highest BCUT2D eigenvalue weighted by atomic mass is 19.3. The number of nitrogens with zero attached hydrogens (tertiary/aromatic N) is 3. The maximum atomic E-state index is 12.6. The van der Waals surface area contributed by atoms with E-state index in [9.17, 15) is 13.6 Å². The number of ether oxygens (including phenoxy) is 1. The number of carbonyl (C=O) groups excluding carboxylic acids is 1.